The first-order valence-electron chi connectivity index (χ1n) is 12.3. The van der Waals surface area contributed by atoms with Crippen LogP contribution in [0.15, 0.2) is 54.6 Å². The number of benzene rings is 2. The van der Waals surface area contributed by atoms with Gasteiger partial charge in [0.15, 0.2) is 0 Å². The number of unbranched alkanes of at least 4 members (excludes halogenated alkanes) is 1. The second-order valence-electron chi connectivity index (χ2n) is 8.59. The summed E-state index contributed by atoms with van der Waals surface area (Å²) in [6.45, 7) is 3.68. The second-order valence-corrected chi connectivity index (χ2v) is 9.59. The van der Waals surface area contributed by atoms with Crippen LogP contribution in [0.5, 0.6) is 0 Å². The fraction of sp³-hybridized carbons (Fsp3) is 0.333. The molecule has 1 aromatic heterocycles. The molecule has 1 aliphatic rings. The van der Waals surface area contributed by atoms with E-state index in [1.807, 2.05) is 37.3 Å². The van der Waals surface area contributed by atoms with E-state index in [1.54, 1.807) is 21.9 Å². The van der Waals surface area contributed by atoms with Crippen LogP contribution in [-0.2, 0) is 9.53 Å². The number of thiazole rings is 1. The number of halogens is 1. The minimum Gasteiger partial charge on any atom is -0.449 e. The van der Waals surface area contributed by atoms with E-state index in [1.165, 1.54) is 23.5 Å². The minimum atomic E-state index is -0.510. The first kappa shape index (κ1) is 26.3. The highest BCUT2D eigenvalue weighted by molar-refractivity contribution is 7.18. The molecule has 10 heteroatoms. The van der Waals surface area contributed by atoms with Crippen LogP contribution in [0.2, 0.25) is 0 Å². The minimum absolute atomic E-state index is 0.141. The Morgan fingerprint density at radius 2 is 1.70 bits per heavy atom. The monoisotopic (exact) mass is 524 g/mol. The number of ether oxygens (including phenoxy) is 1. The van der Waals surface area contributed by atoms with Crippen molar-refractivity contribution in [3.05, 3.63) is 66.1 Å². The molecule has 194 valence electrons. The zero-order valence-corrected chi connectivity index (χ0v) is 21.4. The van der Waals surface area contributed by atoms with Crippen LogP contribution in [0.25, 0.3) is 21.0 Å². The van der Waals surface area contributed by atoms with Gasteiger partial charge in [-0.2, -0.15) is 0 Å². The summed E-state index contributed by atoms with van der Waals surface area (Å²) in [5, 5.41) is 3.29. The largest absolute Gasteiger partial charge is 0.449 e. The summed E-state index contributed by atoms with van der Waals surface area (Å²) < 4.78 is 19.2. The fourth-order valence-corrected chi connectivity index (χ4v) is 4.95. The number of piperazine rings is 1. The predicted octanol–water partition coefficient (Wildman–Crippen LogP) is 4.43. The van der Waals surface area contributed by atoms with Gasteiger partial charge >= 0.3 is 6.09 Å². The van der Waals surface area contributed by atoms with Crippen LogP contribution in [-0.4, -0.2) is 72.0 Å². The molecule has 0 aliphatic carbocycles. The lowest BCUT2D eigenvalue weighted by atomic mass is 10.1. The van der Waals surface area contributed by atoms with Crippen LogP contribution in [0.4, 0.5) is 9.18 Å². The van der Waals surface area contributed by atoms with Crippen molar-refractivity contribution >= 4 is 29.2 Å². The third-order valence-electron chi connectivity index (χ3n) is 5.96. The van der Waals surface area contributed by atoms with Crippen molar-refractivity contribution in [3.63, 3.8) is 0 Å². The number of nitrogens with zero attached hydrogens (tertiary/aromatic N) is 3. The first-order valence-corrected chi connectivity index (χ1v) is 13.1. The molecular formula is C27H29FN4O4S. The molecule has 0 radical (unpaired) electrons. The molecule has 4 rings (SSSR count). The lowest BCUT2D eigenvalue weighted by Crippen LogP contribution is -2.52. The van der Waals surface area contributed by atoms with Gasteiger partial charge in [-0.15, -0.1) is 11.3 Å². The van der Waals surface area contributed by atoms with Crippen molar-refractivity contribution in [3.8, 4) is 21.0 Å². The second kappa shape index (κ2) is 12.4. The van der Waals surface area contributed by atoms with E-state index in [0.717, 1.165) is 18.4 Å². The SMILES string of the molecule is CCCCOC(=O)N1CCN(C(=O)CNC(=O)c2nc(-c3ccccc3)sc2-c2cccc(F)c2)CC1. The highest BCUT2D eigenvalue weighted by atomic mass is 32.1. The van der Waals surface area contributed by atoms with Gasteiger partial charge in [-0.25, -0.2) is 14.2 Å². The molecule has 0 atom stereocenters. The lowest BCUT2D eigenvalue weighted by Gasteiger charge is -2.34. The number of rotatable bonds is 8. The Morgan fingerprint density at radius 3 is 2.41 bits per heavy atom. The Bertz CT molecular complexity index is 1240. The summed E-state index contributed by atoms with van der Waals surface area (Å²) >= 11 is 1.29. The maximum atomic E-state index is 13.9. The van der Waals surface area contributed by atoms with E-state index in [9.17, 15) is 18.8 Å². The van der Waals surface area contributed by atoms with Gasteiger partial charge in [-0.3, -0.25) is 9.59 Å². The summed E-state index contributed by atoms with van der Waals surface area (Å²) in [5.74, 6) is -1.18. The first-order chi connectivity index (χ1) is 18.0. The molecule has 8 nitrogen and oxygen atoms in total. The van der Waals surface area contributed by atoms with Gasteiger partial charge in [0, 0.05) is 31.7 Å². The number of hydrogen-bond donors (Lipinski definition) is 1. The average Bonchev–Trinajstić information content (AvgIpc) is 3.38. The summed E-state index contributed by atoms with van der Waals surface area (Å²) in [6, 6.07) is 15.4. The molecule has 0 unspecified atom stereocenters. The zero-order chi connectivity index (χ0) is 26.2. The number of aromatic nitrogens is 1. The fourth-order valence-electron chi connectivity index (χ4n) is 3.89. The molecule has 37 heavy (non-hydrogen) atoms. The third-order valence-corrected chi connectivity index (χ3v) is 7.12. The van der Waals surface area contributed by atoms with Crippen molar-refractivity contribution in [1.82, 2.24) is 20.1 Å². The summed E-state index contributed by atoms with van der Waals surface area (Å²) in [5.41, 5.74) is 1.52. The van der Waals surface area contributed by atoms with Crippen molar-refractivity contribution in [1.29, 1.82) is 0 Å². The van der Waals surface area contributed by atoms with Crippen LogP contribution in [0.1, 0.15) is 30.3 Å². The molecule has 2 heterocycles. The Balaban J connectivity index is 1.40. The molecular weight excluding hydrogens is 495 g/mol. The highest BCUT2D eigenvalue weighted by Gasteiger charge is 2.26. The van der Waals surface area contributed by atoms with Gasteiger partial charge in [-0.1, -0.05) is 55.8 Å². The molecule has 0 bridgehead atoms. The van der Waals surface area contributed by atoms with Crippen LogP contribution in [0, 0.1) is 5.82 Å². The molecule has 1 fully saturated rings. The Morgan fingerprint density at radius 1 is 1.00 bits per heavy atom. The van der Waals surface area contributed by atoms with Crippen molar-refractivity contribution < 1.29 is 23.5 Å². The van der Waals surface area contributed by atoms with Gasteiger partial charge in [0.05, 0.1) is 18.0 Å². The van der Waals surface area contributed by atoms with Gasteiger partial charge in [0.25, 0.3) is 5.91 Å². The number of hydrogen-bond acceptors (Lipinski definition) is 6. The van der Waals surface area contributed by atoms with Crippen LogP contribution in [0.3, 0.4) is 0 Å². The molecule has 0 saturated carbocycles. The summed E-state index contributed by atoms with van der Waals surface area (Å²) in [6.07, 6.45) is 1.40. The number of carbonyl (C=O) groups is 3. The van der Waals surface area contributed by atoms with Crippen molar-refractivity contribution in [2.24, 2.45) is 0 Å². The van der Waals surface area contributed by atoms with Crippen molar-refractivity contribution in [2.45, 2.75) is 19.8 Å². The number of nitrogens with one attached hydrogen (secondary N) is 1. The molecule has 3 aromatic rings. The maximum Gasteiger partial charge on any atom is 0.409 e. The molecule has 0 spiro atoms. The summed E-state index contributed by atoms with van der Waals surface area (Å²) in [4.78, 5) is 46.2. The third kappa shape index (κ3) is 6.71. The molecule has 1 aliphatic heterocycles. The zero-order valence-electron chi connectivity index (χ0n) is 20.6. The quantitative estimate of drug-likeness (QED) is 0.441. The molecule has 1 saturated heterocycles. The standard InChI is InChI=1S/C27H29FN4O4S/c1-2-3-16-36-27(35)32-14-12-31(13-15-32)22(33)18-29-25(34)23-24(20-10-7-11-21(28)17-20)37-26(30-23)19-8-5-4-6-9-19/h4-11,17H,2-3,12-16,18H2,1H3,(H,29,34). The smallest absolute Gasteiger partial charge is 0.409 e. The Kier molecular flexibility index (Phi) is 8.84. The molecule has 3 amide bonds. The number of amides is 3. The van der Waals surface area contributed by atoms with Gasteiger partial charge < -0.3 is 19.9 Å². The Labute approximate surface area is 219 Å². The van der Waals surface area contributed by atoms with Crippen LogP contribution >= 0.6 is 11.3 Å². The van der Waals surface area contributed by atoms with Gasteiger partial charge in [-0.05, 0) is 24.1 Å². The lowest BCUT2D eigenvalue weighted by molar-refractivity contribution is -0.131. The average molecular weight is 525 g/mol. The van der Waals surface area contributed by atoms with E-state index < -0.39 is 11.7 Å². The number of carbonyl (C=O) groups excluding carboxylic acids is 3. The highest BCUT2D eigenvalue weighted by Crippen LogP contribution is 2.35. The van der Waals surface area contributed by atoms with Crippen LogP contribution < -0.4 is 5.32 Å². The van der Waals surface area contributed by atoms with E-state index >= 15 is 0 Å². The Hall–Kier alpha value is -3.79. The van der Waals surface area contributed by atoms with Gasteiger partial charge in [0.2, 0.25) is 5.91 Å². The van der Waals surface area contributed by atoms with Gasteiger partial charge in [0.1, 0.15) is 16.5 Å². The normalized spacial score (nSPS) is 13.4. The van der Waals surface area contributed by atoms with Crippen molar-refractivity contribution in [2.75, 3.05) is 39.3 Å². The topological polar surface area (TPSA) is 91.8 Å². The van der Waals surface area contributed by atoms with E-state index in [-0.39, 0.29) is 24.2 Å². The summed E-state index contributed by atoms with van der Waals surface area (Å²) in [7, 11) is 0. The van der Waals surface area contributed by atoms with E-state index in [4.69, 9.17) is 4.74 Å². The maximum absolute atomic E-state index is 13.9. The molecule has 2 aromatic carbocycles. The van der Waals surface area contributed by atoms with E-state index in [2.05, 4.69) is 10.3 Å². The molecule has 1 N–H and O–H groups in total. The predicted molar refractivity (Wildman–Crippen MR) is 140 cm³/mol. The van der Waals surface area contributed by atoms with E-state index in [0.29, 0.717) is 48.2 Å².